The molecule has 0 radical (unpaired) electrons. The number of rotatable bonds is 4. The molecule has 0 fully saturated rings. The molecule has 9 aromatic rings. The van der Waals surface area contributed by atoms with Crippen LogP contribution in [0.15, 0.2) is 150 Å². The van der Waals surface area contributed by atoms with E-state index in [-0.39, 0.29) is 0 Å². The number of furan rings is 1. The predicted octanol–water partition coefficient (Wildman–Crippen LogP) is 11.6. The molecule has 0 aliphatic carbocycles. The summed E-state index contributed by atoms with van der Waals surface area (Å²) in [7, 11) is 0. The van der Waals surface area contributed by atoms with Crippen LogP contribution >= 0.6 is 11.3 Å². The first-order chi connectivity index (χ1) is 21.3. The molecule has 0 atom stereocenters. The van der Waals surface area contributed by atoms with Crippen molar-refractivity contribution in [1.82, 2.24) is 4.98 Å². The molecule has 0 aliphatic heterocycles. The van der Waals surface area contributed by atoms with Crippen LogP contribution < -0.4 is 4.90 Å². The van der Waals surface area contributed by atoms with Gasteiger partial charge in [-0.2, -0.15) is 0 Å². The van der Waals surface area contributed by atoms with E-state index >= 15 is 0 Å². The number of thiophene rings is 1. The highest BCUT2D eigenvalue weighted by Crippen LogP contribution is 2.48. The van der Waals surface area contributed by atoms with E-state index in [1.54, 1.807) is 11.3 Å². The minimum atomic E-state index is 0.860. The Morgan fingerprint density at radius 1 is 0.535 bits per heavy atom. The van der Waals surface area contributed by atoms with Crippen LogP contribution in [0.1, 0.15) is 0 Å². The third kappa shape index (κ3) is 3.77. The molecule has 0 saturated carbocycles. The van der Waals surface area contributed by atoms with Crippen molar-refractivity contribution in [2.75, 3.05) is 4.90 Å². The summed E-state index contributed by atoms with van der Waals surface area (Å²) in [6, 6.07) is 49.1. The van der Waals surface area contributed by atoms with Crippen molar-refractivity contribution in [3.63, 3.8) is 0 Å². The lowest BCUT2D eigenvalue weighted by molar-refractivity contribution is 0.669. The van der Waals surface area contributed by atoms with Crippen LogP contribution in [0.2, 0.25) is 0 Å². The second-order valence-corrected chi connectivity index (χ2v) is 11.8. The van der Waals surface area contributed by atoms with Crippen molar-refractivity contribution in [3.8, 4) is 11.1 Å². The monoisotopic (exact) mass is 568 g/mol. The zero-order valence-electron chi connectivity index (χ0n) is 23.1. The average Bonchev–Trinajstić information content (AvgIpc) is 3.65. The third-order valence-corrected chi connectivity index (χ3v) is 9.49. The number of fused-ring (bicyclic) bond motifs is 8. The molecule has 3 heterocycles. The van der Waals surface area contributed by atoms with Gasteiger partial charge >= 0.3 is 0 Å². The first-order valence-electron chi connectivity index (χ1n) is 14.4. The van der Waals surface area contributed by atoms with Gasteiger partial charge < -0.3 is 4.42 Å². The fourth-order valence-corrected chi connectivity index (χ4v) is 7.56. The Hall–Kier alpha value is -5.45. The Morgan fingerprint density at radius 2 is 1.28 bits per heavy atom. The summed E-state index contributed by atoms with van der Waals surface area (Å²) in [5.74, 6) is 0.910. The molecular weight excluding hydrogens is 545 g/mol. The second-order valence-electron chi connectivity index (χ2n) is 10.8. The summed E-state index contributed by atoms with van der Waals surface area (Å²) in [6.07, 6.45) is 1.95. The molecular formula is C39H24N2OS. The summed E-state index contributed by atoms with van der Waals surface area (Å²) in [5.41, 5.74) is 6.19. The fraction of sp³-hybridized carbons (Fsp3) is 0. The molecule has 0 bridgehead atoms. The number of para-hydroxylation sites is 1. The van der Waals surface area contributed by atoms with Crippen molar-refractivity contribution in [1.29, 1.82) is 0 Å². The topological polar surface area (TPSA) is 29.3 Å². The summed E-state index contributed by atoms with van der Waals surface area (Å²) in [4.78, 5) is 7.40. The van der Waals surface area contributed by atoms with Crippen LogP contribution in [0.5, 0.6) is 0 Å². The maximum absolute atomic E-state index is 6.33. The standard InChI is InChI=1S/C39H24N2OS/c1-2-9-25(10-3-1)26-17-20-28(21-18-26)41(32-14-8-16-34-37(32)30-13-6-7-15-33(30)42-34)39-38-31(23-24-40-39)36-29-12-5-4-11-27(29)19-22-35(36)43-38/h1-24H. The van der Waals surface area contributed by atoms with Gasteiger partial charge in [0.1, 0.15) is 11.2 Å². The molecule has 4 heteroatoms. The van der Waals surface area contributed by atoms with Crippen LogP contribution in [0, 0.1) is 0 Å². The van der Waals surface area contributed by atoms with Crippen molar-refractivity contribution >= 4 is 81.4 Å². The first kappa shape index (κ1) is 24.2. The van der Waals surface area contributed by atoms with E-state index in [0.717, 1.165) is 43.8 Å². The van der Waals surface area contributed by atoms with E-state index in [0.29, 0.717) is 0 Å². The maximum Gasteiger partial charge on any atom is 0.155 e. The van der Waals surface area contributed by atoms with Crippen LogP contribution in [0.4, 0.5) is 17.2 Å². The van der Waals surface area contributed by atoms with Crippen LogP contribution in [-0.4, -0.2) is 4.98 Å². The normalized spacial score (nSPS) is 11.7. The highest BCUT2D eigenvalue weighted by atomic mass is 32.1. The van der Waals surface area contributed by atoms with E-state index < -0.39 is 0 Å². The molecule has 6 aromatic carbocycles. The number of hydrogen-bond donors (Lipinski definition) is 0. The number of aromatic nitrogens is 1. The SMILES string of the molecule is c1ccc(-c2ccc(N(c3nccc4c3sc3ccc5ccccc5c34)c3cccc4oc5ccccc5c34)cc2)cc1. The molecule has 43 heavy (non-hydrogen) atoms. The lowest BCUT2D eigenvalue weighted by Crippen LogP contribution is -2.12. The van der Waals surface area contributed by atoms with Crippen LogP contribution in [0.25, 0.3) is 64.0 Å². The quantitative estimate of drug-likeness (QED) is 0.211. The summed E-state index contributed by atoms with van der Waals surface area (Å²) in [5, 5.41) is 7.19. The number of anilines is 3. The average molecular weight is 569 g/mol. The van der Waals surface area contributed by atoms with E-state index in [4.69, 9.17) is 9.40 Å². The third-order valence-electron chi connectivity index (χ3n) is 8.32. The zero-order chi connectivity index (χ0) is 28.3. The smallest absolute Gasteiger partial charge is 0.155 e. The fourth-order valence-electron chi connectivity index (χ4n) is 6.37. The summed E-state index contributed by atoms with van der Waals surface area (Å²) in [6.45, 7) is 0. The second kappa shape index (κ2) is 9.55. The van der Waals surface area contributed by atoms with Gasteiger partial charge in [0.25, 0.3) is 0 Å². The molecule has 3 aromatic heterocycles. The van der Waals surface area contributed by atoms with Gasteiger partial charge in [0.05, 0.1) is 15.8 Å². The van der Waals surface area contributed by atoms with Crippen LogP contribution in [-0.2, 0) is 0 Å². The van der Waals surface area contributed by atoms with Gasteiger partial charge in [-0.15, -0.1) is 11.3 Å². The molecule has 0 spiro atoms. The Morgan fingerprint density at radius 3 is 2.16 bits per heavy atom. The summed E-state index contributed by atoms with van der Waals surface area (Å²) >= 11 is 1.80. The Balaban J connectivity index is 1.34. The number of pyridine rings is 1. The molecule has 0 aliphatic rings. The highest BCUT2D eigenvalue weighted by Gasteiger charge is 2.23. The number of nitrogens with zero attached hydrogens (tertiary/aromatic N) is 2. The molecule has 202 valence electrons. The lowest BCUT2D eigenvalue weighted by Gasteiger charge is -2.25. The van der Waals surface area contributed by atoms with Gasteiger partial charge in [-0.1, -0.05) is 97.1 Å². The van der Waals surface area contributed by atoms with E-state index in [1.165, 1.54) is 37.4 Å². The largest absolute Gasteiger partial charge is 0.456 e. The Kier molecular flexibility index (Phi) is 5.37. The van der Waals surface area contributed by atoms with E-state index in [9.17, 15) is 0 Å². The number of benzene rings is 6. The van der Waals surface area contributed by atoms with E-state index in [1.807, 2.05) is 18.3 Å². The maximum atomic E-state index is 6.33. The van der Waals surface area contributed by atoms with E-state index in [2.05, 4.69) is 132 Å². The first-order valence-corrected chi connectivity index (χ1v) is 15.2. The van der Waals surface area contributed by atoms with Gasteiger partial charge in [0, 0.05) is 32.7 Å². The van der Waals surface area contributed by atoms with Gasteiger partial charge in [0.15, 0.2) is 5.82 Å². The minimum absolute atomic E-state index is 0.860. The Bertz CT molecular complexity index is 2460. The molecule has 0 amide bonds. The molecule has 3 nitrogen and oxygen atoms in total. The van der Waals surface area contributed by atoms with Gasteiger partial charge in [-0.05, 0) is 64.4 Å². The predicted molar refractivity (Wildman–Crippen MR) is 182 cm³/mol. The highest BCUT2D eigenvalue weighted by molar-refractivity contribution is 7.26. The van der Waals surface area contributed by atoms with Gasteiger partial charge in [-0.3, -0.25) is 4.90 Å². The zero-order valence-corrected chi connectivity index (χ0v) is 23.9. The number of hydrogen-bond acceptors (Lipinski definition) is 4. The lowest BCUT2D eigenvalue weighted by atomic mass is 10.0. The molecule has 9 rings (SSSR count). The van der Waals surface area contributed by atoms with Gasteiger partial charge in [-0.25, -0.2) is 4.98 Å². The van der Waals surface area contributed by atoms with Crippen molar-refractivity contribution in [2.24, 2.45) is 0 Å². The van der Waals surface area contributed by atoms with Gasteiger partial charge in [0.2, 0.25) is 0 Å². The van der Waals surface area contributed by atoms with Crippen molar-refractivity contribution in [3.05, 3.63) is 146 Å². The van der Waals surface area contributed by atoms with Crippen molar-refractivity contribution < 1.29 is 4.42 Å². The minimum Gasteiger partial charge on any atom is -0.456 e. The Labute approximate surface area is 251 Å². The molecule has 0 saturated heterocycles. The summed E-state index contributed by atoms with van der Waals surface area (Å²) < 4.78 is 8.75. The van der Waals surface area contributed by atoms with Crippen molar-refractivity contribution in [2.45, 2.75) is 0 Å². The molecule has 0 unspecified atom stereocenters. The van der Waals surface area contributed by atoms with Crippen LogP contribution in [0.3, 0.4) is 0 Å². The molecule has 0 N–H and O–H groups in total.